The number of rotatable bonds is 7. The highest BCUT2D eigenvalue weighted by Crippen LogP contribution is 2.27. The molecule has 0 fully saturated rings. The lowest BCUT2D eigenvalue weighted by Gasteiger charge is -2.12. The number of methoxy groups -OCH3 is 2. The molecule has 0 spiro atoms. The fourth-order valence-corrected chi connectivity index (χ4v) is 3.54. The summed E-state index contributed by atoms with van der Waals surface area (Å²) in [5.74, 6) is 0.724. The third-order valence-corrected chi connectivity index (χ3v) is 5.09. The molecule has 0 radical (unpaired) electrons. The minimum Gasteiger partial charge on any atom is -0.497 e. The fraction of sp³-hybridized carbons (Fsp3) is 0.400. The van der Waals surface area contributed by atoms with E-state index in [1.165, 1.54) is 20.3 Å². The van der Waals surface area contributed by atoms with E-state index in [0.29, 0.717) is 12.2 Å². The van der Waals surface area contributed by atoms with E-state index in [9.17, 15) is 8.42 Å². The molecule has 1 aromatic heterocycles. The Morgan fingerprint density at radius 1 is 1.22 bits per heavy atom. The molecule has 0 aliphatic rings. The summed E-state index contributed by atoms with van der Waals surface area (Å²) in [5, 5.41) is 6.99. The molecule has 0 atom stereocenters. The zero-order chi connectivity index (χ0) is 17.0. The van der Waals surface area contributed by atoms with Crippen LogP contribution in [0.25, 0.3) is 0 Å². The second kappa shape index (κ2) is 7.01. The highest BCUT2D eigenvalue weighted by Gasteiger charge is 2.20. The van der Waals surface area contributed by atoms with Crippen molar-refractivity contribution in [3.8, 4) is 11.5 Å². The molecule has 0 unspecified atom stereocenters. The third kappa shape index (κ3) is 3.83. The topological polar surface area (TPSA) is 93.3 Å². The van der Waals surface area contributed by atoms with Crippen LogP contribution >= 0.6 is 0 Å². The first-order chi connectivity index (χ1) is 10.9. The monoisotopic (exact) mass is 339 g/mol. The summed E-state index contributed by atoms with van der Waals surface area (Å²) in [7, 11) is -0.788. The van der Waals surface area contributed by atoms with Crippen LogP contribution < -0.4 is 14.2 Å². The maximum absolute atomic E-state index is 12.5. The summed E-state index contributed by atoms with van der Waals surface area (Å²) in [6.45, 7) is 4.07. The zero-order valence-electron chi connectivity index (χ0n) is 13.6. The van der Waals surface area contributed by atoms with Crippen molar-refractivity contribution in [2.24, 2.45) is 0 Å². The highest BCUT2D eigenvalue weighted by molar-refractivity contribution is 7.89. The maximum Gasteiger partial charge on any atom is 0.244 e. The number of aromatic nitrogens is 2. The van der Waals surface area contributed by atoms with E-state index >= 15 is 0 Å². The molecule has 1 heterocycles. The van der Waals surface area contributed by atoms with Gasteiger partial charge in [0.2, 0.25) is 10.0 Å². The number of sulfonamides is 1. The average Bonchev–Trinajstić information content (AvgIpc) is 2.86. The summed E-state index contributed by atoms with van der Waals surface area (Å²) >= 11 is 0. The lowest BCUT2D eigenvalue weighted by atomic mass is 10.1. The van der Waals surface area contributed by atoms with Crippen LogP contribution in [0.1, 0.15) is 17.0 Å². The summed E-state index contributed by atoms with van der Waals surface area (Å²) in [6.07, 6.45) is 0.555. The Labute approximate surface area is 136 Å². The van der Waals surface area contributed by atoms with E-state index in [0.717, 1.165) is 17.0 Å². The highest BCUT2D eigenvalue weighted by atomic mass is 32.2. The summed E-state index contributed by atoms with van der Waals surface area (Å²) < 4.78 is 37.8. The van der Waals surface area contributed by atoms with Crippen LogP contribution in [0.3, 0.4) is 0 Å². The van der Waals surface area contributed by atoms with Crippen molar-refractivity contribution in [3.63, 3.8) is 0 Å². The molecule has 126 valence electrons. The molecule has 0 bridgehead atoms. The number of nitrogens with zero attached hydrogens (tertiary/aromatic N) is 1. The molecular formula is C15H21N3O4S. The predicted molar refractivity (Wildman–Crippen MR) is 86.5 cm³/mol. The van der Waals surface area contributed by atoms with E-state index < -0.39 is 10.0 Å². The molecule has 23 heavy (non-hydrogen) atoms. The van der Waals surface area contributed by atoms with Crippen molar-refractivity contribution >= 4 is 10.0 Å². The van der Waals surface area contributed by atoms with Gasteiger partial charge in [0.05, 0.1) is 19.9 Å². The SMILES string of the molecule is COc1ccc(OC)c(S(=O)(=O)NCCc2c(C)n[nH]c2C)c1. The Morgan fingerprint density at radius 2 is 1.96 bits per heavy atom. The number of aromatic amines is 1. The standard InChI is InChI=1S/C15H21N3O4S/c1-10-13(11(2)18-17-10)7-8-16-23(19,20)15-9-12(21-3)5-6-14(15)22-4/h5-6,9,16H,7-8H2,1-4H3,(H,17,18). The molecule has 2 N–H and O–H groups in total. The zero-order valence-corrected chi connectivity index (χ0v) is 14.5. The molecule has 2 aromatic rings. The first-order valence-corrected chi connectivity index (χ1v) is 8.59. The molecule has 7 nitrogen and oxygen atoms in total. The van der Waals surface area contributed by atoms with Crippen molar-refractivity contribution in [3.05, 3.63) is 35.2 Å². The number of ether oxygens (including phenoxy) is 2. The Bertz CT molecular complexity index is 765. The van der Waals surface area contributed by atoms with E-state index in [1.807, 2.05) is 13.8 Å². The van der Waals surface area contributed by atoms with E-state index in [-0.39, 0.29) is 17.2 Å². The van der Waals surface area contributed by atoms with Gasteiger partial charge in [0.1, 0.15) is 16.4 Å². The van der Waals surface area contributed by atoms with Crippen LogP contribution in [0, 0.1) is 13.8 Å². The van der Waals surface area contributed by atoms with Gasteiger partial charge in [0.15, 0.2) is 0 Å². The lowest BCUT2D eigenvalue weighted by Crippen LogP contribution is -2.26. The van der Waals surface area contributed by atoms with E-state index in [1.54, 1.807) is 12.1 Å². The normalized spacial score (nSPS) is 11.5. The summed E-state index contributed by atoms with van der Waals surface area (Å²) in [5.41, 5.74) is 2.84. The van der Waals surface area contributed by atoms with Gasteiger partial charge < -0.3 is 9.47 Å². The van der Waals surface area contributed by atoms with Gasteiger partial charge in [0, 0.05) is 18.3 Å². The third-order valence-electron chi connectivity index (χ3n) is 3.61. The molecule has 1 aromatic carbocycles. The Kier molecular flexibility index (Phi) is 5.27. The Morgan fingerprint density at radius 3 is 2.52 bits per heavy atom. The number of hydrogen-bond donors (Lipinski definition) is 2. The maximum atomic E-state index is 12.5. The van der Waals surface area contributed by atoms with E-state index in [2.05, 4.69) is 14.9 Å². The van der Waals surface area contributed by atoms with E-state index in [4.69, 9.17) is 9.47 Å². The number of H-pyrrole nitrogens is 1. The van der Waals surface area contributed by atoms with Crippen LogP contribution in [0.15, 0.2) is 23.1 Å². The minimum atomic E-state index is -3.70. The van der Waals surface area contributed by atoms with Gasteiger partial charge >= 0.3 is 0 Å². The quantitative estimate of drug-likeness (QED) is 0.798. The van der Waals surface area contributed by atoms with Crippen molar-refractivity contribution < 1.29 is 17.9 Å². The van der Waals surface area contributed by atoms with Gasteiger partial charge in [0.25, 0.3) is 0 Å². The van der Waals surface area contributed by atoms with Crippen LogP contribution in [-0.4, -0.2) is 39.4 Å². The van der Waals surface area contributed by atoms with Gasteiger partial charge in [-0.15, -0.1) is 0 Å². The largest absolute Gasteiger partial charge is 0.497 e. The molecule has 8 heteroatoms. The second-order valence-corrected chi connectivity index (χ2v) is 6.81. The van der Waals surface area contributed by atoms with Crippen LogP contribution in [0.5, 0.6) is 11.5 Å². The van der Waals surface area contributed by atoms with Gasteiger partial charge in [-0.2, -0.15) is 5.10 Å². The summed E-state index contributed by atoms with van der Waals surface area (Å²) in [6, 6.07) is 4.66. The molecule has 0 saturated carbocycles. The van der Waals surface area contributed by atoms with Gasteiger partial charge in [-0.1, -0.05) is 0 Å². The molecule has 0 saturated heterocycles. The lowest BCUT2D eigenvalue weighted by molar-refractivity contribution is 0.392. The van der Waals surface area contributed by atoms with Crippen LogP contribution in [0.4, 0.5) is 0 Å². The van der Waals surface area contributed by atoms with Crippen LogP contribution in [-0.2, 0) is 16.4 Å². The van der Waals surface area contributed by atoms with Crippen molar-refractivity contribution in [2.45, 2.75) is 25.2 Å². The predicted octanol–water partition coefficient (Wildman–Crippen LogP) is 1.56. The first-order valence-electron chi connectivity index (χ1n) is 7.11. The first kappa shape index (κ1) is 17.3. The van der Waals surface area contributed by atoms with Crippen LogP contribution in [0.2, 0.25) is 0 Å². The number of nitrogens with one attached hydrogen (secondary N) is 2. The molecule has 0 aliphatic carbocycles. The van der Waals surface area contributed by atoms with Crippen molar-refractivity contribution in [2.75, 3.05) is 20.8 Å². The van der Waals surface area contributed by atoms with Gasteiger partial charge in [-0.05, 0) is 38.0 Å². The Hall–Kier alpha value is -2.06. The van der Waals surface area contributed by atoms with Gasteiger partial charge in [-0.3, -0.25) is 5.10 Å². The smallest absolute Gasteiger partial charge is 0.244 e. The molecule has 2 rings (SSSR count). The van der Waals surface area contributed by atoms with Crippen molar-refractivity contribution in [1.82, 2.24) is 14.9 Å². The molecule has 0 amide bonds. The Balaban J connectivity index is 2.16. The number of aryl methyl sites for hydroxylation is 2. The second-order valence-electron chi connectivity index (χ2n) is 5.08. The van der Waals surface area contributed by atoms with Crippen molar-refractivity contribution in [1.29, 1.82) is 0 Å². The average molecular weight is 339 g/mol. The fourth-order valence-electron chi connectivity index (χ4n) is 2.32. The molecule has 0 aliphatic heterocycles. The summed E-state index contributed by atoms with van der Waals surface area (Å²) in [4.78, 5) is 0.0555. The number of hydrogen-bond acceptors (Lipinski definition) is 5. The molecular weight excluding hydrogens is 318 g/mol. The minimum absolute atomic E-state index is 0.0555. The van der Waals surface area contributed by atoms with Gasteiger partial charge in [-0.25, -0.2) is 13.1 Å². The number of benzene rings is 1.